The summed E-state index contributed by atoms with van der Waals surface area (Å²) >= 11 is 5.39. The molecule has 0 aromatic carbocycles. The van der Waals surface area contributed by atoms with Gasteiger partial charge in [-0.2, -0.15) is 0 Å². The highest BCUT2D eigenvalue weighted by molar-refractivity contribution is 6.21. The van der Waals surface area contributed by atoms with Crippen LogP contribution in [0.5, 0.6) is 0 Å². The molecule has 0 spiro atoms. The Bertz CT molecular complexity index is 187. The monoisotopic (exact) mass is 176 g/mol. The molecule has 1 aliphatic rings. The van der Waals surface area contributed by atoms with Gasteiger partial charge >= 0.3 is 6.03 Å². The Hall–Kier alpha value is -0.770. The second-order valence-corrected chi connectivity index (χ2v) is 2.69. The van der Waals surface area contributed by atoms with Gasteiger partial charge < -0.3 is 4.90 Å². The number of carbonyl (C=O) groups is 2. The van der Waals surface area contributed by atoms with E-state index >= 15 is 0 Å². The van der Waals surface area contributed by atoms with Gasteiger partial charge in [-0.1, -0.05) is 0 Å². The number of halogens is 1. The number of imide groups is 1. The summed E-state index contributed by atoms with van der Waals surface area (Å²) in [6.07, 6.45) is 0. The standard InChI is InChI=1S/C6H9ClN2O2/c1-4-5(10)9(3-7)6(11)8(4)2/h4H,3H2,1-2H3. The van der Waals surface area contributed by atoms with Crippen LogP contribution in [0.2, 0.25) is 0 Å². The van der Waals surface area contributed by atoms with Crippen LogP contribution in [-0.4, -0.2) is 40.8 Å². The minimum atomic E-state index is -0.374. The Labute approximate surface area is 69.7 Å². The molecule has 62 valence electrons. The number of urea groups is 1. The zero-order valence-electron chi connectivity index (χ0n) is 6.37. The van der Waals surface area contributed by atoms with Crippen LogP contribution in [0.15, 0.2) is 0 Å². The Morgan fingerprint density at radius 3 is 2.27 bits per heavy atom. The molecule has 1 saturated heterocycles. The zero-order chi connectivity index (χ0) is 8.59. The number of nitrogens with zero attached hydrogens (tertiary/aromatic N) is 2. The van der Waals surface area contributed by atoms with Crippen molar-refractivity contribution < 1.29 is 9.59 Å². The molecule has 4 nitrogen and oxygen atoms in total. The summed E-state index contributed by atoms with van der Waals surface area (Å²) in [6.45, 7) is 1.67. The van der Waals surface area contributed by atoms with Crippen LogP contribution in [0, 0.1) is 0 Å². The van der Waals surface area contributed by atoms with Crippen molar-refractivity contribution in [1.29, 1.82) is 0 Å². The predicted molar refractivity (Wildman–Crippen MR) is 40.2 cm³/mol. The van der Waals surface area contributed by atoms with E-state index in [9.17, 15) is 9.59 Å². The third kappa shape index (κ3) is 1.07. The molecule has 1 atom stereocenters. The highest BCUT2D eigenvalue weighted by atomic mass is 35.5. The first kappa shape index (κ1) is 8.33. The molecular weight excluding hydrogens is 168 g/mol. The molecule has 0 radical (unpaired) electrons. The summed E-state index contributed by atoms with van der Waals surface area (Å²) in [6, 6.07) is -0.759. The molecule has 1 fully saturated rings. The third-order valence-electron chi connectivity index (χ3n) is 1.86. The number of carbonyl (C=O) groups excluding carboxylic acids is 2. The quantitative estimate of drug-likeness (QED) is 0.331. The van der Waals surface area contributed by atoms with Crippen molar-refractivity contribution >= 4 is 23.5 Å². The fourth-order valence-corrected chi connectivity index (χ4v) is 1.17. The molecule has 1 aliphatic heterocycles. The fraction of sp³-hybridized carbons (Fsp3) is 0.667. The fourth-order valence-electron chi connectivity index (χ4n) is 0.952. The van der Waals surface area contributed by atoms with Crippen molar-refractivity contribution in [2.75, 3.05) is 13.1 Å². The molecule has 1 unspecified atom stereocenters. The van der Waals surface area contributed by atoms with Crippen molar-refractivity contribution in [2.24, 2.45) is 0 Å². The van der Waals surface area contributed by atoms with Gasteiger partial charge in [0.05, 0.1) is 0 Å². The minimum Gasteiger partial charge on any atom is -0.316 e. The summed E-state index contributed by atoms with van der Waals surface area (Å²) < 4.78 is 0. The summed E-state index contributed by atoms with van der Waals surface area (Å²) in [5, 5.41) is 0. The van der Waals surface area contributed by atoms with Gasteiger partial charge in [0.15, 0.2) is 0 Å². The van der Waals surface area contributed by atoms with E-state index in [-0.39, 0.29) is 24.0 Å². The average Bonchev–Trinajstić information content (AvgIpc) is 2.17. The average molecular weight is 177 g/mol. The Kier molecular flexibility index (Phi) is 2.04. The first-order chi connectivity index (χ1) is 5.09. The van der Waals surface area contributed by atoms with E-state index in [0.29, 0.717) is 0 Å². The summed E-state index contributed by atoms with van der Waals surface area (Å²) in [7, 11) is 1.58. The van der Waals surface area contributed by atoms with E-state index in [1.54, 1.807) is 14.0 Å². The van der Waals surface area contributed by atoms with Gasteiger partial charge in [-0.3, -0.25) is 4.79 Å². The van der Waals surface area contributed by atoms with Crippen LogP contribution < -0.4 is 0 Å². The maximum Gasteiger partial charge on any atom is 0.328 e. The first-order valence-electron chi connectivity index (χ1n) is 3.23. The summed E-state index contributed by atoms with van der Waals surface area (Å²) in [4.78, 5) is 24.6. The first-order valence-corrected chi connectivity index (χ1v) is 3.77. The Morgan fingerprint density at radius 2 is 2.09 bits per heavy atom. The molecule has 1 heterocycles. The van der Waals surface area contributed by atoms with Gasteiger partial charge in [0.1, 0.15) is 12.0 Å². The lowest BCUT2D eigenvalue weighted by Crippen LogP contribution is -2.30. The van der Waals surface area contributed by atoms with Crippen molar-refractivity contribution in [1.82, 2.24) is 9.80 Å². The maximum atomic E-state index is 11.1. The molecule has 0 aromatic heterocycles. The van der Waals surface area contributed by atoms with E-state index in [1.165, 1.54) is 4.90 Å². The lowest BCUT2D eigenvalue weighted by molar-refractivity contribution is -0.127. The number of amides is 3. The van der Waals surface area contributed by atoms with Crippen molar-refractivity contribution in [2.45, 2.75) is 13.0 Å². The molecule has 3 amide bonds. The van der Waals surface area contributed by atoms with Gasteiger partial charge in [0, 0.05) is 7.05 Å². The highest BCUT2D eigenvalue weighted by Gasteiger charge is 2.39. The van der Waals surface area contributed by atoms with Gasteiger partial charge in [0.25, 0.3) is 5.91 Å². The number of rotatable bonds is 1. The Balaban J connectivity index is 2.86. The van der Waals surface area contributed by atoms with Crippen molar-refractivity contribution in [3.63, 3.8) is 0 Å². The molecule has 11 heavy (non-hydrogen) atoms. The van der Waals surface area contributed by atoms with Crippen molar-refractivity contribution in [3.8, 4) is 0 Å². The van der Waals surface area contributed by atoms with Gasteiger partial charge in [-0.25, -0.2) is 9.69 Å². The SMILES string of the molecule is CC1C(=O)N(CCl)C(=O)N1C. The number of alkyl halides is 1. The number of likely N-dealkylation sites (N-methyl/N-ethyl adjacent to an activating group) is 1. The van der Waals surface area contributed by atoms with Crippen LogP contribution >= 0.6 is 11.6 Å². The van der Waals surface area contributed by atoms with E-state index in [4.69, 9.17) is 11.6 Å². The summed E-state index contributed by atoms with van der Waals surface area (Å²) in [5.74, 6) is -0.229. The topological polar surface area (TPSA) is 40.6 Å². The van der Waals surface area contributed by atoms with Crippen molar-refractivity contribution in [3.05, 3.63) is 0 Å². The van der Waals surface area contributed by atoms with Gasteiger partial charge in [-0.05, 0) is 6.92 Å². The normalized spacial score (nSPS) is 25.2. The van der Waals surface area contributed by atoms with E-state index in [2.05, 4.69) is 0 Å². The predicted octanol–water partition coefficient (Wildman–Crippen LogP) is 0.465. The van der Waals surface area contributed by atoms with E-state index < -0.39 is 0 Å². The van der Waals surface area contributed by atoms with Crippen LogP contribution in [0.3, 0.4) is 0 Å². The molecular formula is C6H9ClN2O2. The lowest BCUT2D eigenvalue weighted by atomic mass is 10.3. The molecule has 0 N–H and O–H groups in total. The molecule has 0 bridgehead atoms. The van der Waals surface area contributed by atoms with Crippen LogP contribution in [0.25, 0.3) is 0 Å². The zero-order valence-corrected chi connectivity index (χ0v) is 7.13. The van der Waals surface area contributed by atoms with Crippen LogP contribution in [-0.2, 0) is 4.79 Å². The minimum absolute atomic E-state index is 0.0631. The van der Waals surface area contributed by atoms with Crippen LogP contribution in [0.4, 0.5) is 4.79 Å². The number of hydrogen-bond acceptors (Lipinski definition) is 2. The maximum absolute atomic E-state index is 11.1. The van der Waals surface area contributed by atoms with E-state index in [1.807, 2.05) is 0 Å². The molecule has 1 rings (SSSR count). The largest absolute Gasteiger partial charge is 0.328 e. The Morgan fingerprint density at radius 1 is 1.55 bits per heavy atom. The molecule has 0 aromatic rings. The lowest BCUT2D eigenvalue weighted by Gasteiger charge is -2.10. The van der Waals surface area contributed by atoms with Gasteiger partial charge in [0.2, 0.25) is 0 Å². The molecule has 0 aliphatic carbocycles. The second-order valence-electron chi connectivity index (χ2n) is 2.46. The smallest absolute Gasteiger partial charge is 0.316 e. The number of hydrogen-bond donors (Lipinski definition) is 0. The molecule has 0 saturated carbocycles. The van der Waals surface area contributed by atoms with Gasteiger partial charge in [-0.15, -0.1) is 11.6 Å². The molecule has 5 heteroatoms. The second kappa shape index (κ2) is 2.70. The highest BCUT2D eigenvalue weighted by Crippen LogP contribution is 2.14. The van der Waals surface area contributed by atoms with Crippen LogP contribution in [0.1, 0.15) is 6.92 Å². The summed E-state index contributed by atoms with van der Waals surface area (Å²) in [5.41, 5.74) is 0. The third-order valence-corrected chi connectivity index (χ3v) is 2.10. The van der Waals surface area contributed by atoms with E-state index in [0.717, 1.165) is 4.90 Å².